The number of aromatic nitrogens is 1. The third-order valence-corrected chi connectivity index (χ3v) is 5.47. The zero-order valence-electron chi connectivity index (χ0n) is 15.0. The van der Waals surface area contributed by atoms with Gasteiger partial charge in [-0.15, -0.1) is 0 Å². The van der Waals surface area contributed by atoms with Gasteiger partial charge in [0.1, 0.15) is 0 Å². The first-order chi connectivity index (χ1) is 11.2. The lowest BCUT2D eigenvalue weighted by molar-refractivity contribution is 0.289. The molecule has 1 atom stereocenters. The van der Waals surface area contributed by atoms with Crippen molar-refractivity contribution in [2.75, 3.05) is 26.2 Å². The minimum absolute atomic E-state index is 0.390. The predicted octanol–water partition coefficient (Wildman–Crippen LogP) is 4.40. The molecule has 2 rings (SSSR count). The molecule has 1 heterocycles. The number of hydrogen-bond acceptors (Lipinski definition) is 3. The normalized spacial score (nSPS) is 16.8. The standard InChI is InChI=1S/C19H31N3S/c1-5-7-13-22(6-2)14-12-20-23-17-8-10-18-15(3)16(4)21-19(18)11-9-17/h8-11,17,20-21H,5-7,12-14H2,1-4H3. The Bertz CT molecular complexity index is 545. The van der Waals surface area contributed by atoms with Gasteiger partial charge in [0.15, 0.2) is 0 Å². The molecule has 0 fully saturated rings. The summed E-state index contributed by atoms with van der Waals surface area (Å²) in [6, 6.07) is 0. The van der Waals surface area contributed by atoms with E-state index in [9.17, 15) is 0 Å². The van der Waals surface area contributed by atoms with Crippen molar-refractivity contribution in [2.24, 2.45) is 0 Å². The van der Waals surface area contributed by atoms with Gasteiger partial charge in [0.05, 0.1) is 5.25 Å². The zero-order chi connectivity index (χ0) is 16.7. The number of nitrogens with one attached hydrogen (secondary N) is 2. The number of hydrogen-bond donors (Lipinski definition) is 2. The van der Waals surface area contributed by atoms with E-state index >= 15 is 0 Å². The van der Waals surface area contributed by atoms with E-state index in [-0.39, 0.29) is 0 Å². The summed E-state index contributed by atoms with van der Waals surface area (Å²) in [6.45, 7) is 13.3. The Kier molecular flexibility index (Phi) is 7.47. The number of unbranched alkanes of at least 4 members (excludes halogenated alkanes) is 1. The van der Waals surface area contributed by atoms with E-state index in [0.29, 0.717) is 5.25 Å². The minimum atomic E-state index is 0.390. The van der Waals surface area contributed by atoms with Crippen LogP contribution in [-0.4, -0.2) is 41.3 Å². The minimum Gasteiger partial charge on any atom is -0.358 e. The molecule has 0 saturated heterocycles. The Morgan fingerprint density at radius 2 is 1.96 bits per heavy atom. The number of fused-ring (bicyclic) bond motifs is 1. The van der Waals surface area contributed by atoms with Crippen LogP contribution in [0.15, 0.2) is 12.2 Å². The van der Waals surface area contributed by atoms with E-state index in [4.69, 9.17) is 0 Å². The summed E-state index contributed by atoms with van der Waals surface area (Å²) in [7, 11) is 0. The largest absolute Gasteiger partial charge is 0.358 e. The number of aromatic amines is 1. The molecule has 2 N–H and O–H groups in total. The molecule has 1 aromatic heterocycles. The van der Waals surface area contributed by atoms with Crippen molar-refractivity contribution in [3.8, 4) is 0 Å². The fraction of sp³-hybridized carbons (Fsp3) is 0.579. The van der Waals surface area contributed by atoms with Crippen LogP contribution in [0.25, 0.3) is 12.2 Å². The number of likely N-dealkylation sites (N-methyl/N-ethyl adjacent to an activating group) is 1. The summed E-state index contributed by atoms with van der Waals surface area (Å²) in [5.74, 6) is 0. The summed E-state index contributed by atoms with van der Waals surface area (Å²) in [5, 5.41) is 0.390. The van der Waals surface area contributed by atoms with Gasteiger partial charge in [-0.25, -0.2) is 0 Å². The molecule has 4 heteroatoms. The van der Waals surface area contributed by atoms with E-state index in [1.807, 2.05) is 0 Å². The molecule has 0 saturated carbocycles. The molecule has 0 aromatic carbocycles. The van der Waals surface area contributed by atoms with E-state index in [1.54, 1.807) is 11.9 Å². The summed E-state index contributed by atoms with van der Waals surface area (Å²) in [5.41, 5.74) is 5.18. The van der Waals surface area contributed by atoms with Crippen molar-refractivity contribution >= 4 is 24.1 Å². The van der Waals surface area contributed by atoms with Crippen LogP contribution < -0.4 is 4.72 Å². The fourth-order valence-corrected chi connectivity index (χ4v) is 3.52. The van der Waals surface area contributed by atoms with Gasteiger partial charge in [-0.3, -0.25) is 4.72 Å². The first-order valence-corrected chi connectivity index (χ1v) is 9.70. The van der Waals surface area contributed by atoms with E-state index in [2.05, 4.69) is 66.6 Å². The van der Waals surface area contributed by atoms with Gasteiger partial charge < -0.3 is 9.88 Å². The fourth-order valence-electron chi connectivity index (χ4n) is 2.81. The van der Waals surface area contributed by atoms with Crippen LogP contribution >= 0.6 is 11.9 Å². The average molecular weight is 334 g/mol. The van der Waals surface area contributed by atoms with Gasteiger partial charge >= 0.3 is 0 Å². The molecule has 0 radical (unpaired) electrons. The lowest BCUT2D eigenvalue weighted by Gasteiger charge is -2.20. The van der Waals surface area contributed by atoms with Crippen LogP contribution in [0.4, 0.5) is 0 Å². The van der Waals surface area contributed by atoms with E-state index in [1.165, 1.54) is 41.9 Å². The highest BCUT2D eigenvalue weighted by Gasteiger charge is 2.12. The van der Waals surface area contributed by atoms with Crippen LogP contribution in [0.5, 0.6) is 0 Å². The predicted molar refractivity (Wildman–Crippen MR) is 105 cm³/mol. The molecular formula is C19H31N3S. The molecule has 1 aliphatic carbocycles. The van der Waals surface area contributed by atoms with Gasteiger partial charge in [0.25, 0.3) is 0 Å². The van der Waals surface area contributed by atoms with Crippen molar-refractivity contribution in [1.29, 1.82) is 0 Å². The van der Waals surface area contributed by atoms with Gasteiger partial charge in [-0.05, 0) is 45.0 Å². The summed E-state index contributed by atoms with van der Waals surface area (Å²) < 4.78 is 3.53. The number of nitrogens with zero attached hydrogens (tertiary/aromatic N) is 1. The average Bonchev–Trinajstić information content (AvgIpc) is 2.72. The first kappa shape index (κ1) is 18.4. The summed E-state index contributed by atoms with van der Waals surface area (Å²) in [6.07, 6.45) is 11.6. The quantitative estimate of drug-likeness (QED) is 0.519. The molecule has 0 bridgehead atoms. The first-order valence-electron chi connectivity index (χ1n) is 8.82. The Hall–Kier alpha value is -0.970. The molecule has 0 amide bonds. The molecule has 0 spiro atoms. The van der Waals surface area contributed by atoms with Gasteiger partial charge in [0.2, 0.25) is 0 Å². The smallest absolute Gasteiger partial charge is 0.0560 e. The highest BCUT2D eigenvalue weighted by Crippen LogP contribution is 2.25. The van der Waals surface area contributed by atoms with Crippen LogP contribution in [0.1, 0.15) is 49.2 Å². The molecule has 1 aliphatic rings. The van der Waals surface area contributed by atoms with Crippen molar-refractivity contribution in [1.82, 2.24) is 14.6 Å². The van der Waals surface area contributed by atoms with Crippen molar-refractivity contribution in [3.05, 3.63) is 34.7 Å². The SMILES string of the molecule is CCCCN(CC)CCNSC1C=Cc2[nH]c(C)c(C)c2C=C1. The maximum atomic E-state index is 3.53. The lowest BCUT2D eigenvalue weighted by Crippen LogP contribution is -2.31. The highest BCUT2D eigenvalue weighted by atomic mass is 32.2. The number of H-pyrrole nitrogens is 1. The maximum absolute atomic E-state index is 3.53. The lowest BCUT2D eigenvalue weighted by atomic mass is 10.1. The Labute approximate surface area is 145 Å². The highest BCUT2D eigenvalue weighted by molar-refractivity contribution is 7.98. The summed E-state index contributed by atoms with van der Waals surface area (Å²) >= 11 is 1.81. The van der Waals surface area contributed by atoms with Crippen molar-refractivity contribution in [3.63, 3.8) is 0 Å². The number of aryl methyl sites for hydroxylation is 1. The third-order valence-electron chi connectivity index (χ3n) is 4.51. The molecule has 0 aliphatic heterocycles. The number of rotatable bonds is 9. The van der Waals surface area contributed by atoms with Crippen molar-refractivity contribution < 1.29 is 0 Å². The van der Waals surface area contributed by atoms with E-state index < -0.39 is 0 Å². The van der Waals surface area contributed by atoms with Crippen LogP contribution in [0.2, 0.25) is 0 Å². The second-order valence-electron chi connectivity index (χ2n) is 6.19. The molecule has 1 unspecified atom stereocenters. The summed E-state index contributed by atoms with van der Waals surface area (Å²) in [4.78, 5) is 5.98. The molecule has 1 aromatic rings. The molecular weight excluding hydrogens is 302 g/mol. The van der Waals surface area contributed by atoms with Gasteiger partial charge in [0, 0.05) is 30.0 Å². The molecule has 23 heavy (non-hydrogen) atoms. The topological polar surface area (TPSA) is 31.1 Å². The second kappa shape index (κ2) is 9.36. The van der Waals surface area contributed by atoms with Gasteiger partial charge in [-0.2, -0.15) is 0 Å². The monoisotopic (exact) mass is 333 g/mol. The molecule has 128 valence electrons. The maximum Gasteiger partial charge on any atom is 0.0560 e. The van der Waals surface area contributed by atoms with E-state index in [0.717, 1.165) is 19.6 Å². The van der Waals surface area contributed by atoms with Crippen LogP contribution in [0, 0.1) is 13.8 Å². The van der Waals surface area contributed by atoms with Crippen LogP contribution in [0.3, 0.4) is 0 Å². The van der Waals surface area contributed by atoms with Gasteiger partial charge in [-0.1, -0.05) is 50.4 Å². The zero-order valence-corrected chi connectivity index (χ0v) is 15.8. The Morgan fingerprint density at radius 1 is 1.17 bits per heavy atom. The second-order valence-corrected chi connectivity index (χ2v) is 7.25. The Balaban J connectivity index is 1.76. The van der Waals surface area contributed by atoms with Crippen LogP contribution in [-0.2, 0) is 0 Å². The molecule has 3 nitrogen and oxygen atoms in total. The third kappa shape index (κ3) is 5.27. The Morgan fingerprint density at radius 3 is 2.70 bits per heavy atom. The van der Waals surface area contributed by atoms with Crippen molar-refractivity contribution in [2.45, 2.75) is 45.8 Å².